The number of fused-ring (bicyclic) bond motifs is 8. The molecular formula is C86H88F4O8. The van der Waals surface area contributed by atoms with E-state index in [9.17, 15) is 27.8 Å². The fourth-order valence-electron chi connectivity index (χ4n) is 12.1. The third-order valence-corrected chi connectivity index (χ3v) is 17.9. The zero-order valence-corrected chi connectivity index (χ0v) is 58.2. The molecule has 11 rings (SSSR count). The lowest BCUT2D eigenvalue weighted by Gasteiger charge is -2.28. The Morgan fingerprint density at radius 1 is 0.255 bits per heavy atom. The maximum Gasteiger partial charge on any atom is 0.126 e. The number of halogens is 4. The smallest absolute Gasteiger partial charge is 0.126 e. The van der Waals surface area contributed by atoms with Crippen LogP contribution in [0.15, 0.2) is 182 Å². The van der Waals surface area contributed by atoms with Gasteiger partial charge < -0.3 is 38.6 Å². The minimum absolute atomic E-state index is 0.0548. The van der Waals surface area contributed by atoms with Gasteiger partial charge in [-0.3, -0.25) is 0 Å². The first kappa shape index (κ1) is 69.7. The van der Waals surface area contributed by atoms with E-state index < -0.39 is 0 Å². The lowest BCUT2D eigenvalue weighted by Crippen LogP contribution is -2.16. The van der Waals surface area contributed by atoms with Gasteiger partial charge in [-0.25, -0.2) is 17.6 Å². The predicted octanol–water partition coefficient (Wildman–Crippen LogP) is 21.0. The fraction of sp³-hybridized carbons (Fsp3) is 0.302. The lowest BCUT2D eigenvalue weighted by atomic mass is 9.79. The Balaban J connectivity index is 1.05. The molecule has 0 spiro atoms. The van der Waals surface area contributed by atoms with Crippen molar-refractivity contribution in [3.05, 3.63) is 305 Å². The van der Waals surface area contributed by atoms with Gasteiger partial charge in [0.1, 0.15) is 109 Å². The van der Waals surface area contributed by atoms with Crippen molar-refractivity contribution in [2.45, 2.75) is 170 Å². The third-order valence-electron chi connectivity index (χ3n) is 17.9. The Labute approximate surface area is 574 Å². The van der Waals surface area contributed by atoms with E-state index in [1.165, 1.54) is 48.5 Å². The summed E-state index contributed by atoms with van der Waals surface area (Å²) in [6, 6.07) is 53.0. The molecule has 0 radical (unpaired) electrons. The number of aromatic hydroxyl groups is 2. The van der Waals surface area contributed by atoms with Crippen molar-refractivity contribution in [3.63, 3.8) is 0 Å². The zero-order valence-electron chi connectivity index (χ0n) is 58.2. The Morgan fingerprint density at radius 3 is 0.653 bits per heavy atom. The van der Waals surface area contributed by atoms with Gasteiger partial charge in [0.2, 0.25) is 0 Å². The molecule has 10 aromatic carbocycles. The molecule has 98 heavy (non-hydrogen) atoms. The van der Waals surface area contributed by atoms with Gasteiger partial charge in [0, 0.05) is 37.8 Å². The number of phenolic OH excluding ortho intramolecular Hbond substituents is 2. The highest BCUT2D eigenvalue weighted by molar-refractivity contribution is 5.60. The summed E-state index contributed by atoms with van der Waals surface area (Å²) < 4.78 is 96.2. The van der Waals surface area contributed by atoms with Gasteiger partial charge in [-0.2, -0.15) is 0 Å². The van der Waals surface area contributed by atoms with Crippen molar-refractivity contribution in [2.75, 3.05) is 0 Å². The van der Waals surface area contributed by atoms with Gasteiger partial charge in [0.15, 0.2) is 0 Å². The van der Waals surface area contributed by atoms with Crippen molar-refractivity contribution in [1.82, 2.24) is 0 Å². The number of hydrogen-bond donors (Lipinski definition) is 2. The summed E-state index contributed by atoms with van der Waals surface area (Å²) in [4.78, 5) is 0. The molecule has 8 nitrogen and oxygen atoms in total. The molecule has 0 heterocycles. The highest BCUT2D eigenvalue weighted by Crippen LogP contribution is 2.45. The molecule has 508 valence electrons. The van der Waals surface area contributed by atoms with Crippen LogP contribution in [0.2, 0.25) is 0 Å². The lowest BCUT2D eigenvalue weighted by molar-refractivity contribution is 0.280. The normalized spacial score (nSPS) is 12.7. The molecule has 0 unspecified atom stereocenters. The quantitative estimate of drug-likeness (QED) is 0.0821. The van der Waals surface area contributed by atoms with Crippen LogP contribution in [0.5, 0.6) is 46.0 Å². The van der Waals surface area contributed by atoms with Crippen LogP contribution >= 0.6 is 0 Å². The Hall–Kier alpha value is -9.68. The molecule has 12 heteroatoms. The van der Waals surface area contributed by atoms with E-state index in [2.05, 4.69) is 132 Å². The van der Waals surface area contributed by atoms with Crippen LogP contribution in [-0.2, 0) is 87.0 Å². The van der Waals surface area contributed by atoms with Crippen molar-refractivity contribution in [1.29, 1.82) is 0 Å². The van der Waals surface area contributed by atoms with Gasteiger partial charge in [-0.1, -0.05) is 180 Å². The molecule has 0 atom stereocenters. The third kappa shape index (κ3) is 17.7. The first-order valence-electron chi connectivity index (χ1n) is 33.5. The molecule has 0 fully saturated rings. The Kier molecular flexibility index (Phi) is 20.5. The van der Waals surface area contributed by atoms with Crippen LogP contribution in [0.4, 0.5) is 17.6 Å². The standard InChI is InChI=1S/C86H88F4O8/c1-83(2,3)67-37-59-33-63-41-69(85(7,8)9)43-65(81(63)97-51-57-29-75(93-47-53-13-21-71(87)22-14-53)45-76(30-57)94-48-54-15-23-72(88)24-16-54)35-61-39-68(84(4,5)6)40-62(80(61)92)36-66-44-70(86(10,11)12)42-64(34-60(38-67)79(59)91)82(66)98-52-58-31-77(95-49-55-17-25-73(89)26-18-55)46-78(32-58)96-50-56-19-27-74(90)28-20-56/h13-32,37-46,91-92H,33-36,47-52H2,1-12H3. The van der Waals surface area contributed by atoms with Crippen LogP contribution in [-0.4, -0.2) is 10.2 Å². The van der Waals surface area contributed by atoms with Crippen LogP contribution in [0, 0.1) is 23.3 Å². The first-order valence-corrected chi connectivity index (χ1v) is 33.5. The largest absolute Gasteiger partial charge is 0.507 e. The first-order chi connectivity index (χ1) is 46.4. The van der Waals surface area contributed by atoms with Crippen molar-refractivity contribution >= 4 is 0 Å². The van der Waals surface area contributed by atoms with Gasteiger partial charge in [-0.15, -0.1) is 0 Å². The highest BCUT2D eigenvalue weighted by atomic mass is 19.1. The van der Waals surface area contributed by atoms with Gasteiger partial charge >= 0.3 is 0 Å². The van der Waals surface area contributed by atoms with Crippen LogP contribution in [0.1, 0.15) is 183 Å². The van der Waals surface area contributed by atoms with E-state index in [0.29, 0.717) is 56.8 Å². The summed E-state index contributed by atoms with van der Waals surface area (Å²) >= 11 is 0. The highest BCUT2D eigenvalue weighted by Gasteiger charge is 2.29. The average molecular weight is 1330 g/mol. The van der Waals surface area contributed by atoms with E-state index in [0.717, 1.165) is 77.9 Å². The second kappa shape index (κ2) is 28.8. The van der Waals surface area contributed by atoms with E-state index in [1.807, 2.05) is 24.3 Å². The molecule has 1 aliphatic rings. The minimum Gasteiger partial charge on any atom is -0.507 e. The number of ether oxygens (including phenoxy) is 6. The second-order valence-electron chi connectivity index (χ2n) is 30.1. The number of phenols is 2. The number of rotatable bonds is 18. The molecule has 0 aliphatic heterocycles. The van der Waals surface area contributed by atoms with E-state index in [-0.39, 0.29) is 122 Å². The van der Waals surface area contributed by atoms with E-state index in [4.69, 9.17) is 28.4 Å². The maximum atomic E-state index is 14.0. The van der Waals surface area contributed by atoms with E-state index >= 15 is 0 Å². The number of benzene rings is 10. The van der Waals surface area contributed by atoms with E-state index in [1.54, 1.807) is 60.7 Å². The van der Waals surface area contributed by atoms with Crippen LogP contribution < -0.4 is 28.4 Å². The average Bonchev–Trinajstić information content (AvgIpc) is 0.768. The number of hydrogen-bond acceptors (Lipinski definition) is 8. The Morgan fingerprint density at radius 2 is 0.449 bits per heavy atom. The summed E-state index contributed by atoms with van der Waals surface area (Å²) in [7, 11) is 0. The van der Waals surface area contributed by atoms with Crippen molar-refractivity contribution < 1.29 is 56.2 Å². The summed E-state index contributed by atoms with van der Waals surface area (Å²) in [5.41, 5.74) is 13.4. The topological polar surface area (TPSA) is 95.8 Å². The molecular weight excluding hydrogens is 1240 g/mol. The maximum absolute atomic E-state index is 14.0. The van der Waals surface area contributed by atoms with Gasteiger partial charge in [0.25, 0.3) is 0 Å². The monoisotopic (exact) mass is 1320 g/mol. The van der Waals surface area contributed by atoms with Crippen molar-refractivity contribution in [2.24, 2.45) is 0 Å². The molecule has 0 saturated carbocycles. The minimum atomic E-state index is -0.362. The predicted molar refractivity (Wildman–Crippen MR) is 380 cm³/mol. The van der Waals surface area contributed by atoms with Crippen LogP contribution in [0.3, 0.4) is 0 Å². The summed E-state index contributed by atoms with van der Waals surface area (Å²) in [6.07, 6.45) is 1.07. The summed E-state index contributed by atoms with van der Waals surface area (Å²) in [6.45, 7) is 26.9. The molecule has 0 amide bonds. The van der Waals surface area contributed by atoms with Crippen molar-refractivity contribution in [3.8, 4) is 46.0 Å². The van der Waals surface area contributed by atoms with Gasteiger partial charge in [-0.05, 0) is 195 Å². The summed E-state index contributed by atoms with van der Waals surface area (Å²) in [5, 5.41) is 26.4. The molecule has 0 aromatic heterocycles. The van der Waals surface area contributed by atoms with Crippen LogP contribution in [0.25, 0.3) is 0 Å². The second-order valence-corrected chi connectivity index (χ2v) is 30.1. The molecule has 8 bridgehead atoms. The molecule has 0 saturated heterocycles. The summed E-state index contributed by atoms with van der Waals surface area (Å²) in [5.74, 6) is 2.08. The SMILES string of the molecule is CC(C)(C)c1cc2c(O)c(c1)Cc1cc(C(C)(C)C)cc(c1OCc1cc(OCc3ccc(F)cc3)cc(OCc3ccc(F)cc3)c1)Cc1cc(C(C)(C)C)cc(c1O)Cc1cc(C(C)(C)C)cc(c1OCc1cc(OCc3ccc(F)cc3)cc(OCc3ccc(F)cc3)c1)C2. The Bertz CT molecular complexity index is 3950. The molecule has 10 aromatic rings. The molecule has 1 aliphatic carbocycles. The fourth-order valence-corrected chi connectivity index (χ4v) is 12.1. The zero-order chi connectivity index (χ0) is 69.8. The molecule has 2 N–H and O–H groups in total. The van der Waals surface area contributed by atoms with Gasteiger partial charge in [0.05, 0.1) is 0 Å².